The second-order valence-corrected chi connectivity index (χ2v) is 5.74. The van der Waals surface area contributed by atoms with E-state index in [1.54, 1.807) is 12.7 Å². The summed E-state index contributed by atoms with van der Waals surface area (Å²) in [5.74, 6) is 1.87. The van der Waals surface area contributed by atoms with Crippen molar-refractivity contribution in [1.29, 1.82) is 0 Å². The van der Waals surface area contributed by atoms with Crippen molar-refractivity contribution in [1.82, 2.24) is 0 Å². The van der Waals surface area contributed by atoms with Crippen molar-refractivity contribution < 1.29 is 4.74 Å². The monoisotopic (exact) mass is 280 g/mol. The molecule has 0 bridgehead atoms. The van der Waals surface area contributed by atoms with E-state index in [0.717, 1.165) is 17.0 Å². The molecule has 2 aliphatic rings. The number of alkyl halides is 1. The molecule has 0 heterocycles. The lowest BCUT2D eigenvalue weighted by Gasteiger charge is -2.27. The maximum Gasteiger partial charge on any atom is 0.119 e. The van der Waals surface area contributed by atoms with E-state index in [0.29, 0.717) is 5.41 Å². The van der Waals surface area contributed by atoms with Gasteiger partial charge in [-0.2, -0.15) is 0 Å². The maximum absolute atomic E-state index is 5.31. The Bertz CT molecular complexity index is 415. The van der Waals surface area contributed by atoms with Crippen LogP contribution in [0.5, 0.6) is 5.75 Å². The maximum atomic E-state index is 5.31. The number of fused-ring (bicyclic) bond motifs is 2. The number of benzene rings is 1. The predicted molar refractivity (Wildman–Crippen MR) is 69.5 cm³/mol. The second-order valence-electron chi connectivity index (χ2n) is 5.09. The van der Waals surface area contributed by atoms with Gasteiger partial charge < -0.3 is 4.74 Å². The third kappa shape index (κ3) is 1.42. The predicted octanol–water partition coefficient (Wildman–Crippen LogP) is 3.68. The fourth-order valence-corrected chi connectivity index (χ4v) is 4.19. The fraction of sp³-hybridized carbons (Fsp3) is 0.571. The van der Waals surface area contributed by atoms with E-state index < -0.39 is 0 Å². The van der Waals surface area contributed by atoms with E-state index in [4.69, 9.17) is 4.74 Å². The van der Waals surface area contributed by atoms with Gasteiger partial charge in [0.1, 0.15) is 5.75 Å². The van der Waals surface area contributed by atoms with Gasteiger partial charge in [-0.1, -0.05) is 22.0 Å². The average Bonchev–Trinajstić information content (AvgIpc) is 3.03. The first-order valence-electron chi connectivity index (χ1n) is 6.03. The first kappa shape index (κ1) is 10.6. The quantitative estimate of drug-likeness (QED) is 0.751. The third-order valence-corrected chi connectivity index (χ3v) is 5.12. The van der Waals surface area contributed by atoms with Gasteiger partial charge in [-0.15, -0.1) is 0 Å². The number of halogens is 1. The molecule has 0 aromatic heterocycles. The Hall–Kier alpha value is -0.500. The molecule has 86 valence electrons. The van der Waals surface area contributed by atoms with Gasteiger partial charge in [0.2, 0.25) is 0 Å². The van der Waals surface area contributed by atoms with Crippen molar-refractivity contribution in [2.75, 3.05) is 12.4 Å². The highest BCUT2D eigenvalue weighted by atomic mass is 79.9. The standard InChI is InChI=1S/C14H17BrO/c1-16-12-4-5-13-10(7-12)3-2-6-14(13)8-11(14)9-15/h4-5,7,11H,2-3,6,8-9H2,1H3. The Morgan fingerprint density at radius 1 is 1.50 bits per heavy atom. The first-order chi connectivity index (χ1) is 7.80. The first-order valence-corrected chi connectivity index (χ1v) is 7.15. The van der Waals surface area contributed by atoms with Gasteiger partial charge in [0, 0.05) is 5.33 Å². The van der Waals surface area contributed by atoms with Crippen LogP contribution < -0.4 is 4.74 Å². The van der Waals surface area contributed by atoms with Crippen LogP contribution in [0.1, 0.15) is 30.4 Å². The topological polar surface area (TPSA) is 9.23 Å². The van der Waals surface area contributed by atoms with Crippen LogP contribution in [-0.2, 0) is 11.8 Å². The summed E-state index contributed by atoms with van der Waals surface area (Å²) in [7, 11) is 1.75. The molecule has 0 saturated heterocycles. The van der Waals surface area contributed by atoms with Gasteiger partial charge in [0.15, 0.2) is 0 Å². The van der Waals surface area contributed by atoms with Crippen LogP contribution in [-0.4, -0.2) is 12.4 Å². The van der Waals surface area contributed by atoms with Crippen molar-refractivity contribution in [3.63, 3.8) is 0 Å². The molecule has 1 aromatic rings. The summed E-state index contributed by atoms with van der Waals surface area (Å²) in [5.41, 5.74) is 3.64. The van der Waals surface area contributed by atoms with Gasteiger partial charge in [-0.3, -0.25) is 0 Å². The summed E-state index contributed by atoms with van der Waals surface area (Å²) < 4.78 is 5.31. The van der Waals surface area contributed by atoms with E-state index >= 15 is 0 Å². The number of methoxy groups -OCH3 is 1. The van der Waals surface area contributed by atoms with Crippen LogP contribution in [0, 0.1) is 5.92 Å². The lowest BCUT2D eigenvalue weighted by molar-refractivity contribution is 0.412. The van der Waals surface area contributed by atoms with Crippen LogP contribution >= 0.6 is 15.9 Å². The summed E-state index contributed by atoms with van der Waals surface area (Å²) in [6, 6.07) is 6.66. The van der Waals surface area contributed by atoms with Gasteiger partial charge >= 0.3 is 0 Å². The number of hydrogen-bond donors (Lipinski definition) is 0. The highest BCUT2D eigenvalue weighted by Gasteiger charge is 2.55. The average molecular weight is 281 g/mol. The zero-order valence-corrected chi connectivity index (χ0v) is 11.2. The molecule has 0 radical (unpaired) electrons. The van der Waals surface area contributed by atoms with E-state index in [1.807, 2.05) is 0 Å². The van der Waals surface area contributed by atoms with Crippen LogP contribution in [0.25, 0.3) is 0 Å². The molecule has 1 saturated carbocycles. The summed E-state index contributed by atoms with van der Waals surface area (Å²) >= 11 is 3.64. The fourth-order valence-electron chi connectivity index (χ4n) is 3.34. The van der Waals surface area contributed by atoms with E-state index in [1.165, 1.54) is 31.2 Å². The molecule has 3 rings (SSSR count). The van der Waals surface area contributed by atoms with Crippen LogP contribution in [0.15, 0.2) is 18.2 Å². The number of ether oxygens (including phenoxy) is 1. The van der Waals surface area contributed by atoms with Crippen molar-refractivity contribution >= 4 is 15.9 Å². The highest BCUT2D eigenvalue weighted by Crippen LogP contribution is 2.60. The normalized spacial score (nSPS) is 31.2. The van der Waals surface area contributed by atoms with Gasteiger partial charge in [0.05, 0.1) is 7.11 Å². The number of aryl methyl sites for hydroxylation is 1. The lowest BCUT2D eigenvalue weighted by Crippen LogP contribution is -2.18. The largest absolute Gasteiger partial charge is 0.497 e. The molecule has 1 spiro atoms. The van der Waals surface area contributed by atoms with Crippen LogP contribution in [0.2, 0.25) is 0 Å². The van der Waals surface area contributed by atoms with Crippen molar-refractivity contribution in [2.45, 2.75) is 31.1 Å². The minimum atomic E-state index is 0.517. The summed E-state index contributed by atoms with van der Waals surface area (Å²) in [6.45, 7) is 0. The molecule has 0 amide bonds. The van der Waals surface area contributed by atoms with E-state index in [9.17, 15) is 0 Å². The Kier molecular flexibility index (Phi) is 2.50. The lowest BCUT2D eigenvalue weighted by atomic mass is 9.79. The molecule has 1 nitrogen and oxygen atoms in total. The van der Waals surface area contributed by atoms with Gasteiger partial charge in [-0.25, -0.2) is 0 Å². The summed E-state index contributed by atoms with van der Waals surface area (Å²) in [6.07, 6.45) is 5.31. The van der Waals surface area contributed by atoms with Crippen LogP contribution in [0.4, 0.5) is 0 Å². The molecule has 0 aliphatic heterocycles. The Labute approximate surface area is 105 Å². The molecular weight excluding hydrogens is 264 g/mol. The highest BCUT2D eigenvalue weighted by molar-refractivity contribution is 9.09. The molecule has 2 unspecified atom stereocenters. The van der Waals surface area contributed by atoms with E-state index in [2.05, 4.69) is 34.1 Å². The van der Waals surface area contributed by atoms with Crippen molar-refractivity contribution in [3.8, 4) is 5.75 Å². The smallest absolute Gasteiger partial charge is 0.119 e. The molecule has 16 heavy (non-hydrogen) atoms. The van der Waals surface area contributed by atoms with Gasteiger partial charge in [0.25, 0.3) is 0 Å². The summed E-state index contributed by atoms with van der Waals surface area (Å²) in [5, 5.41) is 1.15. The Balaban J connectivity index is 2.01. The van der Waals surface area contributed by atoms with Crippen molar-refractivity contribution in [3.05, 3.63) is 29.3 Å². The molecule has 1 aromatic carbocycles. The number of hydrogen-bond acceptors (Lipinski definition) is 1. The molecule has 2 atom stereocenters. The zero-order chi connectivity index (χ0) is 11.2. The van der Waals surface area contributed by atoms with Crippen molar-refractivity contribution in [2.24, 2.45) is 5.92 Å². The zero-order valence-electron chi connectivity index (χ0n) is 9.63. The Morgan fingerprint density at radius 2 is 2.38 bits per heavy atom. The second kappa shape index (κ2) is 3.76. The minimum Gasteiger partial charge on any atom is -0.497 e. The Morgan fingerprint density at radius 3 is 3.06 bits per heavy atom. The molecule has 0 N–H and O–H groups in total. The molecular formula is C14H17BrO. The number of rotatable bonds is 2. The van der Waals surface area contributed by atoms with E-state index in [-0.39, 0.29) is 0 Å². The minimum absolute atomic E-state index is 0.517. The molecule has 2 aliphatic carbocycles. The molecule has 1 fully saturated rings. The third-order valence-electron chi connectivity index (χ3n) is 4.34. The SMILES string of the molecule is COc1ccc2c(c1)CCCC21CC1CBr. The van der Waals surface area contributed by atoms with Gasteiger partial charge in [-0.05, 0) is 60.3 Å². The van der Waals surface area contributed by atoms with Crippen LogP contribution in [0.3, 0.4) is 0 Å². The summed E-state index contributed by atoms with van der Waals surface area (Å²) in [4.78, 5) is 0. The molecule has 2 heteroatoms.